The van der Waals surface area contributed by atoms with Gasteiger partial charge in [-0.15, -0.1) is 0 Å². The van der Waals surface area contributed by atoms with Crippen molar-refractivity contribution < 1.29 is 9.53 Å². The van der Waals surface area contributed by atoms with E-state index in [0.29, 0.717) is 22.0 Å². The Morgan fingerprint density at radius 1 is 1.07 bits per heavy atom. The maximum atomic E-state index is 12.5. The van der Waals surface area contributed by atoms with Gasteiger partial charge in [-0.1, -0.05) is 41.9 Å². The van der Waals surface area contributed by atoms with Gasteiger partial charge >= 0.3 is 0 Å². The zero-order valence-corrected chi connectivity index (χ0v) is 16.4. The second-order valence-electron chi connectivity index (χ2n) is 6.28. The van der Waals surface area contributed by atoms with Crippen molar-refractivity contribution in [2.75, 3.05) is 24.3 Å². The summed E-state index contributed by atoms with van der Waals surface area (Å²) in [6.45, 7) is 0.801. The molecule has 0 aliphatic rings. The standard InChI is InChI=1S/C22H22ClN3O2/c1-28-21-10-9-18(13-20(21)23)26-22(27)17-12-19(15-24-14-17)25-11-5-8-16-6-3-2-4-7-16/h2-4,6-7,9-10,12-15,25H,5,8,11H2,1H3,(H,26,27). The van der Waals surface area contributed by atoms with Gasteiger partial charge < -0.3 is 15.4 Å². The van der Waals surface area contributed by atoms with E-state index >= 15 is 0 Å². The number of aryl methyl sites for hydroxylation is 1. The molecule has 0 saturated carbocycles. The molecule has 0 atom stereocenters. The van der Waals surface area contributed by atoms with Gasteiger partial charge in [0.1, 0.15) is 5.75 Å². The Morgan fingerprint density at radius 3 is 2.64 bits per heavy atom. The highest BCUT2D eigenvalue weighted by molar-refractivity contribution is 6.32. The summed E-state index contributed by atoms with van der Waals surface area (Å²) in [5, 5.41) is 6.57. The van der Waals surface area contributed by atoms with Gasteiger partial charge in [-0.25, -0.2) is 0 Å². The van der Waals surface area contributed by atoms with Gasteiger partial charge in [0.25, 0.3) is 5.91 Å². The number of amides is 1. The number of aromatic nitrogens is 1. The third-order valence-corrected chi connectivity index (χ3v) is 4.52. The summed E-state index contributed by atoms with van der Waals surface area (Å²) in [5.41, 5.74) is 3.19. The van der Waals surface area contributed by atoms with Crippen LogP contribution in [0.3, 0.4) is 0 Å². The minimum Gasteiger partial charge on any atom is -0.495 e. The maximum Gasteiger partial charge on any atom is 0.257 e. The lowest BCUT2D eigenvalue weighted by molar-refractivity contribution is 0.102. The predicted octanol–water partition coefficient (Wildman–Crippen LogP) is 5.04. The van der Waals surface area contributed by atoms with E-state index < -0.39 is 0 Å². The normalized spacial score (nSPS) is 10.4. The molecule has 1 amide bonds. The van der Waals surface area contributed by atoms with Gasteiger partial charge in [0.2, 0.25) is 0 Å². The number of anilines is 2. The topological polar surface area (TPSA) is 63.2 Å². The van der Waals surface area contributed by atoms with E-state index in [9.17, 15) is 4.79 Å². The highest BCUT2D eigenvalue weighted by Gasteiger charge is 2.09. The minimum atomic E-state index is -0.248. The van der Waals surface area contributed by atoms with Crippen LogP contribution in [0.4, 0.5) is 11.4 Å². The largest absolute Gasteiger partial charge is 0.495 e. The Labute approximate surface area is 169 Å². The Balaban J connectivity index is 1.54. The van der Waals surface area contributed by atoms with Crippen LogP contribution < -0.4 is 15.4 Å². The number of methoxy groups -OCH3 is 1. The number of benzene rings is 2. The molecule has 1 aromatic heterocycles. The molecule has 0 spiro atoms. The van der Waals surface area contributed by atoms with Gasteiger partial charge in [0.15, 0.2) is 0 Å². The number of hydrogen-bond donors (Lipinski definition) is 2. The van der Waals surface area contributed by atoms with Crippen molar-refractivity contribution in [3.05, 3.63) is 83.1 Å². The van der Waals surface area contributed by atoms with Gasteiger partial charge in [-0.05, 0) is 42.7 Å². The zero-order valence-electron chi connectivity index (χ0n) is 15.6. The van der Waals surface area contributed by atoms with E-state index in [-0.39, 0.29) is 5.91 Å². The average Bonchev–Trinajstić information content (AvgIpc) is 2.72. The second kappa shape index (κ2) is 9.76. The summed E-state index contributed by atoms with van der Waals surface area (Å²) < 4.78 is 5.12. The summed E-state index contributed by atoms with van der Waals surface area (Å²) in [6, 6.07) is 17.2. The smallest absolute Gasteiger partial charge is 0.257 e. The molecule has 1 heterocycles. The first-order chi connectivity index (χ1) is 13.7. The lowest BCUT2D eigenvalue weighted by Gasteiger charge is -2.10. The van der Waals surface area contributed by atoms with Crippen molar-refractivity contribution in [2.24, 2.45) is 0 Å². The maximum absolute atomic E-state index is 12.5. The first-order valence-corrected chi connectivity index (χ1v) is 9.41. The number of nitrogens with one attached hydrogen (secondary N) is 2. The fourth-order valence-electron chi connectivity index (χ4n) is 2.78. The molecule has 144 valence electrons. The van der Waals surface area contributed by atoms with Crippen molar-refractivity contribution in [2.45, 2.75) is 12.8 Å². The highest BCUT2D eigenvalue weighted by atomic mass is 35.5. The van der Waals surface area contributed by atoms with Crippen molar-refractivity contribution in [3.8, 4) is 5.75 Å². The number of carbonyl (C=O) groups excluding carboxylic acids is 1. The van der Waals surface area contributed by atoms with Crippen molar-refractivity contribution >= 4 is 28.9 Å². The number of carbonyl (C=O) groups is 1. The molecule has 0 aliphatic heterocycles. The number of rotatable bonds is 8. The first-order valence-electron chi connectivity index (χ1n) is 9.03. The molecular weight excluding hydrogens is 374 g/mol. The average molecular weight is 396 g/mol. The van der Waals surface area contributed by atoms with Crippen LogP contribution in [0.25, 0.3) is 0 Å². The SMILES string of the molecule is COc1ccc(NC(=O)c2cncc(NCCCc3ccccc3)c2)cc1Cl. The van der Waals surface area contributed by atoms with Crippen LogP contribution in [-0.2, 0) is 6.42 Å². The molecule has 0 aliphatic carbocycles. The van der Waals surface area contributed by atoms with Crippen LogP contribution in [0.5, 0.6) is 5.75 Å². The van der Waals surface area contributed by atoms with E-state index in [1.54, 1.807) is 37.6 Å². The molecule has 0 bridgehead atoms. The molecule has 2 aromatic carbocycles. The molecule has 28 heavy (non-hydrogen) atoms. The summed E-state index contributed by atoms with van der Waals surface area (Å²) in [6.07, 6.45) is 5.24. The number of halogens is 1. The molecule has 3 rings (SSSR count). The zero-order chi connectivity index (χ0) is 19.8. The van der Waals surface area contributed by atoms with Crippen LogP contribution in [-0.4, -0.2) is 24.5 Å². The summed E-state index contributed by atoms with van der Waals surface area (Å²) >= 11 is 6.10. The van der Waals surface area contributed by atoms with Gasteiger partial charge in [-0.2, -0.15) is 0 Å². The summed E-state index contributed by atoms with van der Waals surface area (Å²) in [4.78, 5) is 16.7. The molecule has 6 heteroatoms. The first kappa shape index (κ1) is 19.7. The fraction of sp³-hybridized carbons (Fsp3) is 0.182. The van der Waals surface area contributed by atoms with Crippen LogP contribution in [0.15, 0.2) is 67.0 Å². The Kier molecular flexibility index (Phi) is 6.87. The molecular formula is C22H22ClN3O2. The lowest BCUT2D eigenvalue weighted by atomic mass is 10.1. The van der Waals surface area contributed by atoms with Crippen molar-refractivity contribution in [3.63, 3.8) is 0 Å². The molecule has 0 unspecified atom stereocenters. The fourth-order valence-corrected chi connectivity index (χ4v) is 3.04. The van der Waals surface area contributed by atoms with Gasteiger partial charge in [-0.3, -0.25) is 9.78 Å². The molecule has 5 nitrogen and oxygen atoms in total. The third kappa shape index (κ3) is 5.47. The van der Waals surface area contributed by atoms with E-state index in [4.69, 9.17) is 16.3 Å². The van der Waals surface area contributed by atoms with E-state index in [1.807, 2.05) is 18.2 Å². The van der Waals surface area contributed by atoms with Gasteiger partial charge in [0.05, 0.1) is 23.4 Å². The van der Waals surface area contributed by atoms with Crippen LogP contribution >= 0.6 is 11.6 Å². The second-order valence-corrected chi connectivity index (χ2v) is 6.69. The number of nitrogens with zero attached hydrogens (tertiary/aromatic N) is 1. The summed E-state index contributed by atoms with van der Waals surface area (Å²) in [5.74, 6) is 0.310. The van der Waals surface area contributed by atoms with Crippen LogP contribution in [0.1, 0.15) is 22.3 Å². The molecule has 3 aromatic rings. The van der Waals surface area contributed by atoms with Crippen molar-refractivity contribution in [1.82, 2.24) is 4.98 Å². The quantitative estimate of drug-likeness (QED) is 0.524. The molecule has 0 fully saturated rings. The number of hydrogen-bond acceptors (Lipinski definition) is 4. The van der Waals surface area contributed by atoms with Gasteiger partial charge in [0, 0.05) is 24.6 Å². The highest BCUT2D eigenvalue weighted by Crippen LogP contribution is 2.27. The third-order valence-electron chi connectivity index (χ3n) is 4.22. The van der Waals surface area contributed by atoms with Crippen molar-refractivity contribution in [1.29, 1.82) is 0 Å². The van der Waals surface area contributed by atoms with Crippen LogP contribution in [0.2, 0.25) is 5.02 Å². The van der Waals surface area contributed by atoms with E-state index in [2.05, 4.69) is 27.8 Å². The van der Waals surface area contributed by atoms with E-state index in [0.717, 1.165) is 25.1 Å². The minimum absolute atomic E-state index is 0.248. The molecule has 0 saturated heterocycles. The lowest BCUT2D eigenvalue weighted by Crippen LogP contribution is -2.13. The Morgan fingerprint density at radius 2 is 1.89 bits per heavy atom. The van der Waals surface area contributed by atoms with Crippen LogP contribution in [0, 0.1) is 0 Å². The number of pyridine rings is 1. The monoisotopic (exact) mass is 395 g/mol. The molecule has 2 N–H and O–H groups in total. The Bertz CT molecular complexity index is 932. The predicted molar refractivity (Wildman–Crippen MR) is 113 cm³/mol. The van der Waals surface area contributed by atoms with E-state index in [1.165, 1.54) is 11.8 Å². The molecule has 0 radical (unpaired) electrons. The summed E-state index contributed by atoms with van der Waals surface area (Å²) in [7, 11) is 1.55. The number of ether oxygens (including phenoxy) is 1. The Hall–Kier alpha value is -3.05.